The fourth-order valence-corrected chi connectivity index (χ4v) is 5.13. The number of ether oxygens (including phenoxy) is 1. The highest BCUT2D eigenvalue weighted by molar-refractivity contribution is 9.10. The van der Waals surface area contributed by atoms with E-state index in [0.717, 1.165) is 27.8 Å². The van der Waals surface area contributed by atoms with Crippen LogP contribution in [-0.4, -0.2) is 35.7 Å². The molecule has 32 heavy (non-hydrogen) atoms. The Morgan fingerprint density at radius 2 is 1.84 bits per heavy atom. The second-order valence-electron chi connectivity index (χ2n) is 8.13. The van der Waals surface area contributed by atoms with E-state index in [1.54, 1.807) is 37.6 Å². The van der Waals surface area contributed by atoms with Crippen LogP contribution in [0.3, 0.4) is 0 Å². The summed E-state index contributed by atoms with van der Waals surface area (Å²) in [6.45, 7) is 0. The number of methoxy groups -OCH3 is 1. The Kier molecular flexibility index (Phi) is 5.43. The number of carbonyl (C=O) groups is 2. The zero-order valence-corrected chi connectivity index (χ0v) is 19.2. The summed E-state index contributed by atoms with van der Waals surface area (Å²) in [4.78, 5) is 27.7. The highest BCUT2D eigenvalue weighted by atomic mass is 79.9. The zero-order chi connectivity index (χ0) is 22.2. The van der Waals surface area contributed by atoms with Crippen molar-refractivity contribution in [1.82, 2.24) is 4.90 Å². The van der Waals surface area contributed by atoms with Crippen LogP contribution in [0.2, 0.25) is 0 Å². The number of nitrogens with zero attached hydrogens (tertiary/aromatic N) is 1. The highest BCUT2D eigenvalue weighted by Crippen LogP contribution is 2.46. The van der Waals surface area contributed by atoms with Crippen molar-refractivity contribution in [2.45, 2.75) is 24.4 Å². The number of hydrogen-bond acceptors (Lipinski definition) is 4. The molecule has 1 aliphatic carbocycles. The van der Waals surface area contributed by atoms with Gasteiger partial charge in [0.05, 0.1) is 13.2 Å². The lowest BCUT2D eigenvalue weighted by Gasteiger charge is -2.47. The quantitative estimate of drug-likeness (QED) is 0.419. The van der Waals surface area contributed by atoms with Crippen molar-refractivity contribution in [2.75, 3.05) is 7.11 Å². The molecule has 2 aromatic carbocycles. The molecule has 0 spiro atoms. The van der Waals surface area contributed by atoms with Gasteiger partial charge in [-0.05, 0) is 65.6 Å². The van der Waals surface area contributed by atoms with Gasteiger partial charge in [0.25, 0.3) is 0 Å². The molecule has 3 aliphatic rings. The molecule has 3 atom stereocenters. The fraction of sp³-hybridized carbons (Fsp3) is 0.185. The maximum absolute atomic E-state index is 12.9. The van der Waals surface area contributed by atoms with Crippen LogP contribution in [0.25, 0.3) is 0 Å². The number of rotatable bonds is 5. The van der Waals surface area contributed by atoms with E-state index < -0.39 is 0 Å². The molecule has 3 unspecified atom stereocenters. The summed E-state index contributed by atoms with van der Waals surface area (Å²) in [5.41, 5.74) is 4.11. The van der Waals surface area contributed by atoms with Crippen molar-refractivity contribution >= 4 is 27.5 Å². The van der Waals surface area contributed by atoms with E-state index in [1.165, 1.54) is 5.57 Å². The molecule has 4 nitrogen and oxygen atoms in total. The van der Waals surface area contributed by atoms with Crippen LogP contribution in [0.4, 0.5) is 0 Å². The first-order valence-electron chi connectivity index (χ1n) is 10.6. The van der Waals surface area contributed by atoms with Gasteiger partial charge in [-0.2, -0.15) is 0 Å². The smallest absolute Gasteiger partial charge is 0.187 e. The van der Waals surface area contributed by atoms with Crippen LogP contribution in [-0.2, 0) is 4.79 Å². The van der Waals surface area contributed by atoms with Gasteiger partial charge in [-0.25, -0.2) is 0 Å². The average Bonchev–Trinajstić information content (AvgIpc) is 3.29. The Bertz CT molecular complexity index is 1190. The van der Waals surface area contributed by atoms with Gasteiger partial charge < -0.3 is 9.64 Å². The molecular weight excluding hydrogens is 466 g/mol. The summed E-state index contributed by atoms with van der Waals surface area (Å²) in [5.74, 6) is 0.858. The SMILES string of the molecule is COc1ccc(C2C3=C(CC=C3)C3C(=O)C=CC2N3/C=C/C(=O)c2ccc(Br)cc2)cc1. The third-order valence-electron chi connectivity index (χ3n) is 6.38. The van der Waals surface area contributed by atoms with E-state index in [9.17, 15) is 9.59 Å². The second-order valence-corrected chi connectivity index (χ2v) is 9.04. The molecule has 0 aromatic heterocycles. The minimum atomic E-state index is -0.363. The van der Waals surface area contributed by atoms with Crippen molar-refractivity contribution < 1.29 is 14.3 Å². The summed E-state index contributed by atoms with van der Waals surface area (Å²) in [7, 11) is 1.66. The van der Waals surface area contributed by atoms with E-state index >= 15 is 0 Å². The second kappa shape index (κ2) is 8.40. The number of allylic oxidation sites excluding steroid dienone is 3. The Morgan fingerprint density at radius 3 is 2.56 bits per heavy atom. The van der Waals surface area contributed by atoms with Gasteiger partial charge >= 0.3 is 0 Å². The molecule has 2 heterocycles. The fourth-order valence-electron chi connectivity index (χ4n) is 4.87. The van der Waals surface area contributed by atoms with E-state index in [2.05, 4.69) is 45.1 Å². The lowest BCUT2D eigenvalue weighted by atomic mass is 9.74. The van der Waals surface area contributed by atoms with Crippen LogP contribution < -0.4 is 4.74 Å². The van der Waals surface area contributed by atoms with Gasteiger partial charge in [0.15, 0.2) is 11.6 Å². The average molecular weight is 488 g/mol. The topological polar surface area (TPSA) is 46.6 Å². The molecule has 2 bridgehead atoms. The maximum atomic E-state index is 12.9. The van der Waals surface area contributed by atoms with Gasteiger partial charge in [-0.1, -0.05) is 46.3 Å². The third kappa shape index (κ3) is 3.56. The molecule has 0 fully saturated rings. The molecule has 160 valence electrons. The summed E-state index contributed by atoms with van der Waals surface area (Å²) in [6.07, 6.45) is 12.1. The number of ketones is 2. The van der Waals surface area contributed by atoms with Crippen LogP contribution in [0.15, 0.2) is 101 Å². The van der Waals surface area contributed by atoms with Gasteiger partial charge in [0.2, 0.25) is 0 Å². The van der Waals surface area contributed by atoms with Crippen molar-refractivity contribution in [1.29, 1.82) is 0 Å². The maximum Gasteiger partial charge on any atom is 0.187 e. The predicted molar refractivity (Wildman–Crippen MR) is 128 cm³/mol. The number of hydrogen-bond donors (Lipinski definition) is 0. The minimum Gasteiger partial charge on any atom is -0.497 e. The van der Waals surface area contributed by atoms with E-state index in [1.807, 2.05) is 30.3 Å². The molecule has 0 saturated carbocycles. The molecule has 2 aromatic rings. The monoisotopic (exact) mass is 487 g/mol. The third-order valence-corrected chi connectivity index (χ3v) is 6.91. The molecule has 0 saturated heterocycles. The molecule has 0 radical (unpaired) electrons. The Labute approximate surface area is 195 Å². The largest absolute Gasteiger partial charge is 0.497 e. The standard InChI is InChI=1S/C27H22BrNO3/c1-32-20-11-7-18(8-12-20)26-21-3-2-4-22(21)27-25(31)14-13-23(26)29(27)16-15-24(30)17-5-9-19(28)10-6-17/h2-3,5-16,23,26-27H,4H2,1H3/b16-15+. The van der Waals surface area contributed by atoms with E-state index in [-0.39, 0.29) is 29.6 Å². The summed E-state index contributed by atoms with van der Waals surface area (Å²) in [5, 5.41) is 0. The Morgan fingerprint density at radius 1 is 1.09 bits per heavy atom. The number of fused-ring (bicyclic) bond motifs is 3. The molecule has 2 aliphatic heterocycles. The zero-order valence-electron chi connectivity index (χ0n) is 17.6. The van der Waals surface area contributed by atoms with Gasteiger partial charge in [-0.3, -0.25) is 9.59 Å². The van der Waals surface area contributed by atoms with E-state index in [0.29, 0.717) is 5.56 Å². The molecule has 5 rings (SSSR count). The summed E-state index contributed by atoms with van der Waals surface area (Å²) in [6, 6.07) is 15.0. The first kappa shape index (κ1) is 20.7. The molecule has 5 heteroatoms. The van der Waals surface area contributed by atoms with Crippen LogP contribution in [0.1, 0.15) is 28.3 Å². The van der Waals surface area contributed by atoms with Gasteiger partial charge in [-0.15, -0.1) is 0 Å². The number of carbonyl (C=O) groups excluding carboxylic acids is 2. The van der Waals surface area contributed by atoms with Crippen molar-refractivity contribution in [3.05, 3.63) is 112 Å². The first-order chi connectivity index (χ1) is 15.6. The lowest BCUT2D eigenvalue weighted by Crippen LogP contribution is -2.52. The predicted octanol–water partition coefficient (Wildman–Crippen LogP) is 5.39. The van der Waals surface area contributed by atoms with Crippen molar-refractivity contribution in [3.8, 4) is 5.75 Å². The van der Waals surface area contributed by atoms with Crippen molar-refractivity contribution in [3.63, 3.8) is 0 Å². The van der Waals surface area contributed by atoms with E-state index in [4.69, 9.17) is 4.74 Å². The number of benzene rings is 2. The van der Waals surface area contributed by atoms with Gasteiger partial charge in [0.1, 0.15) is 11.8 Å². The highest BCUT2D eigenvalue weighted by Gasteiger charge is 2.45. The van der Waals surface area contributed by atoms with Gasteiger partial charge in [0, 0.05) is 28.2 Å². The van der Waals surface area contributed by atoms with Crippen LogP contribution in [0, 0.1) is 0 Å². The minimum absolute atomic E-state index is 0.0541. The first-order valence-corrected chi connectivity index (χ1v) is 11.4. The normalized spacial score (nSPS) is 23.8. The summed E-state index contributed by atoms with van der Waals surface area (Å²) < 4.78 is 6.25. The number of halogens is 1. The van der Waals surface area contributed by atoms with Crippen molar-refractivity contribution in [2.24, 2.45) is 0 Å². The molecule has 0 amide bonds. The van der Waals surface area contributed by atoms with Crippen LogP contribution in [0.5, 0.6) is 5.75 Å². The lowest BCUT2D eigenvalue weighted by molar-refractivity contribution is -0.119. The molecular formula is C27H22BrNO3. The summed E-state index contributed by atoms with van der Waals surface area (Å²) >= 11 is 3.40. The Hall–Kier alpha value is -3.18. The Balaban J connectivity index is 1.53. The van der Waals surface area contributed by atoms with Crippen LogP contribution >= 0.6 is 15.9 Å². The molecule has 0 N–H and O–H groups in total.